The van der Waals surface area contributed by atoms with E-state index < -0.39 is 25.2 Å². The average Bonchev–Trinajstić information content (AvgIpc) is 2.79. The molecule has 14 heteroatoms. The number of halogens is 1. The van der Waals surface area contributed by atoms with E-state index in [0.717, 1.165) is 38.8 Å². The van der Waals surface area contributed by atoms with Crippen molar-refractivity contribution in [2.75, 3.05) is 25.1 Å². The largest absolute Gasteiger partial charge is 1.00 e. The second-order valence-corrected chi connectivity index (χ2v) is 8.71. The van der Waals surface area contributed by atoms with Gasteiger partial charge in [-0.1, -0.05) is 41.9 Å². The van der Waals surface area contributed by atoms with Crippen molar-refractivity contribution in [1.29, 1.82) is 0 Å². The van der Waals surface area contributed by atoms with Gasteiger partial charge in [0.1, 0.15) is 5.82 Å². The van der Waals surface area contributed by atoms with Gasteiger partial charge in [0.15, 0.2) is 5.15 Å². The zero-order valence-electron chi connectivity index (χ0n) is 23.1. The Kier molecular flexibility index (Phi) is 17.8. The molecule has 0 amide bonds. The van der Waals surface area contributed by atoms with Crippen LogP contribution in [0.5, 0.6) is 0 Å². The second-order valence-electron chi connectivity index (χ2n) is 8.35. The summed E-state index contributed by atoms with van der Waals surface area (Å²) in [5.41, 5.74) is 1.91. The fourth-order valence-corrected chi connectivity index (χ4v) is 3.11. The number of rotatable bonds is 11. The molecule has 0 atom stereocenters. The first kappa shape index (κ1) is 35.8. The number of carbonyl (C=O) groups is 3. The standard InChI is InChI=1S/C18H25ClN4O.C6H10BO6.Na/c1-14(2)22(3)17-11-20-16(18(19)21-17)13-23(9-10-24)12-15-7-5-4-6-8-15;1-4(8)11-7(12-5(2)9)13-6(3)10;/h4-8,11,14,24H,9-10,12-13H2,1-3H3;7H,1-3H3;/q;-1;+1. The molecule has 0 fully saturated rings. The maximum Gasteiger partial charge on any atom is 1.00 e. The molecule has 1 N–H and O–H groups in total. The number of nitrogens with zero attached hydrogens (tertiary/aromatic N) is 4. The van der Waals surface area contributed by atoms with Gasteiger partial charge in [-0.2, -0.15) is 0 Å². The molecular formula is C24H35BClN4NaO7. The Balaban J connectivity index is 0.000000838. The summed E-state index contributed by atoms with van der Waals surface area (Å²) in [7, 11) is -0.439. The molecular weight excluding hydrogens is 526 g/mol. The normalized spacial score (nSPS) is 10.3. The molecule has 1 aromatic carbocycles. The fraction of sp³-hybridized carbons (Fsp3) is 0.458. The zero-order chi connectivity index (χ0) is 28.0. The molecule has 0 aliphatic carbocycles. The van der Waals surface area contributed by atoms with E-state index in [4.69, 9.17) is 11.6 Å². The van der Waals surface area contributed by atoms with E-state index >= 15 is 0 Å². The maximum absolute atomic E-state index is 10.4. The van der Waals surface area contributed by atoms with E-state index in [1.807, 2.05) is 30.1 Å². The summed E-state index contributed by atoms with van der Waals surface area (Å²) >= 11 is 6.34. The fourth-order valence-electron chi connectivity index (χ4n) is 2.92. The van der Waals surface area contributed by atoms with Crippen LogP contribution >= 0.6 is 11.6 Å². The third-order valence-electron chi connectivity index (χ3n) is 4.92. The van der Waals surface area contributed by atoms with Crippen molar-refractivity contribution < 1.29 is 63.0 Å². The molecule has 0 aliphatic rings. The van der Waals surface area contributed by atoms with Crippen LogP contribution in [0.25, 0.3) is 0 Å². The van der Waals surface area contributed by atoms with E-state index in [2.05, 4.69) is 54.8 Å². The SMILES string of the molecule is CC(=O)O[BH-](OC(C)=O)OC(C)=O.CC(C)N(C)c1cnc(CN(CCO)Cc2ccccc2)c(Cl)n1.[Na+]. The van der Waals surface area contributed by atoms with Gasteiger partial charge < -0.3 is 24.0 Å². The first-order valence-electron chi connectivity index (χ1n) is 11.7. The van der Waals surface area contributed by atoms with Crippen LogP contribution < -0.4 is 34.5 Å². The molecule has 2 aromatic rings. The third kappa shape index (κ3) is 14.7. The van der Waals surface area contributed by atoms with Crippen LogP contribution in [-0.4, -0.2) is 71.4 Å². The number of aliphatic hydroxyl groups is 1. The van der Waals surface area contributed by atoms with Gasteiger partial charge in [0.2, 0.25) is 0 Å². The predicted molar refractivity (Wildman–Crippen MR) is 141 cm³/mol. The number of aliphatic hydroxyl groups excluding tert-OH is 1. The summed E-state index contributed by atoms with van der Waals surface area (Å²) in [6, 6.07) is 10.5. The second kappa shape index (κ2) is 18.9. The number of carbonyl (C=O) groups excluding carboxylic acids is 3. The van der Waals surface area contributed by atoms with Crippen molar-refractivity contribution in [3.05, 3.63) is 52.9 Å². The number of aromatic nitrogens is 2. The van der Waals surface area contributed by atoms with E-state index in [1.165, 1.54) is 5.56 Å². The van der Waals surface area contributed by atoms with Gasteiger partial charge in [0.25, 0.3) is 17.9 Å². The smallest absolute Gasteiger partial charge is 0.625 e. The van der Waals surface area contributed by atoms with Crippen molar-refractivity contribution in [2.45, 2.75) is 53.8 Å². The number of benzene rings is 1. The first-order valence-corrected chi connectivity index (χ1v) is 12.1. The van der Waals surface area contributed by atoms with Crippen LogP contribution in [0, 0.1) is 0 Å². The zero-order valence-corrected chi connectivity index (χ0v) is 25.9. The van der Waals surface area contributed by atoms with Crippen LogP contribution in [0.2, 0.25) is 5.15 Å². The van der Waals surface area contributed by atoms with Gasteiger partial charge in [-0.3, -0.25) is 24.3 Å². The molecule has 38 heavy (non-hydrogen) atoms. The van der Waals surface area contributed by atoms with Gasteiger partial charge >= 0.3 is 36.9 Å². The van der Waals surface area contributed by atoms with Gasteiger partial charge in [0, 0.05) is 53.5 Å². The Morgan fingerprint density at radius 1 is 1.00 bits per heavy atom. The minimum atomic E-state index is -2.41. The molecule has 0 aliphatic heterocycles. The molecule has 0 unspecified atom stereocenters. The third-order valence-corrected chi connectivity index (χ3v) is 5.23. The molecule has 2 rings (SSSR count). The predicted octanol–water partition coefficient (Wildman–Crippen LogP) is -0.634. The van der Waals surface area contributed by atoms with Crippen LogP contribution in [-0.2, 0) is 41.4 Å². The maximum atomic E-state index is 10.4. The van der Waals surface area contributed by atoms with Crippen LogP contribution in [0.4, 0.5) is 5.82 Å². The summed E-state index contributed by atoms with van der Waals surface area (Å²) < 4.78 is 13.3. The number of hydrogen-bond acceptors (Lipinski definition) is 11. The molecule has 0 bridgehead atoms. The van der Waals surface area contributed by atoms with Crippen LogP contribution in [0.1, 0.15) is 45.9 Å². The molecule has 0 saturated carbocycles. The van der Waals surface area contributed by atoms with Crippen molar-refractivity contribution >= 4 is 42.6 Å². The summed E-state index contributed by atoms with van der Waals surface area (Å²) in [6.07, 6.45) is 1.75. The van der Waals surface area contributed by atoms with Crippen molar-refractivity contribution in [2.24, 2.45) is 0 Å². The van der Waals surface area contributed by atoms with Crippen molar-refractivity contribution in [3.63, 3.8) is 0 Å². The molecule has 11 nitrogen and oxygen atoms in total. The summed E-state index contributed by atoms with van der Waals surface area (Å²) in [4.78, 5) is 44.4. The first-order chi connectivity index (χ1) is 17.4. The molecule has 1 heterocycles. The Morgan fingerprint density at radius 3 is 1.95 bits per heavy atom. The van der Waals surface area contributed by atoms with E-state index in [1.54, 1.807) is 6.20 Å². The van der Waals surface area contributed by atoms with Crippen LogP contribution in [0.15, 0.2) is 36.5 Å². The van der Waals surface area contributed by atoms with E-state index in [0.29, 0.717) is 24.3 Å². The van der Waals surface area contributed by atoms with E-state index in [-0.39, 0.29) is 36.2 Å². The van der Waals surface area contributed by atoms with E-state index in [9.17, 15) is 19.5 Å². The van der Waals surface area contributed by atoms with Gasteiger partial charge in [-0.25, -0.2) is 4.98 Å². The van der Waals surface area contributed by atoms with Gasteiger partial charge in [-0.15, -0.1) is 0 Å². The monoisotopic (exact) mass is 560 g/mol. The number of hydrogen-bond donors (Lipinski definition) is 1. The number of anilines is 1. The van der Waals surface area contributed by atoms with Gasteiger partial charge in [-0.05, 0) is 19.4 Å². The minimum absolute atomic E-state index is 0. The summed E-state index contributed by atoms with van der Waals surface area (Å²) in [5, 5.41) is 9.74. The Morgan fingerprint density at radius 2 is 1.53 bits per heavy atom. The Hall–Kier alpha value is -2.22. The van der Waals surface area contributed by atoms with Gasteiger partial charge in [0.05, 0.1) is 18.5 Å². The molecule has 1 aromatic heterocycles. The Labute approximate surface area is 251 Å². The molecule has 0 radical (unpaired) electrons. The quantitative estimate of drug-likeness (QED) is 0.352. The summed E-state index contributed by atoms with van der Waals surface area (Å²) in [6.45, 7) is 9.46. The summed E-state index contributed by atoms with van der Waals surface area (Å²) in [5.74, 6) is -1.27. The average molecular weight is 561 g/mol. The van der Waals surface area contributed by atoms with Crippen molar-refractivity contribution in [1.82, 2.24) is 14.9 Å². The van der Waals surface area contributed by atoms with Crippen molar-refractivity contribution in [3.8, 4) is 0 Å². The minimum Gasteiger partial charge on any atom is -0.625 e. The molecule has 0 spiro atoms. The molecule has 204 valence electrons. The molecule has 0 saturated heterocycles. The van der Waals surface area contributed by atoms with Crippen LogP contribution in [0.3, 0.4) is 0 Å². The Bertz CT molecular complexity index is 982. The topological polar surface area (TPSA) is 131 Å².